The molecular formula is C18H23BF4N4O2S2. The Balaban J connectivity index is 0.000000418. The van der Waals surface area contributed by atoms with Gasteiger partial charge in [-0.3, -0.25) is 0 Å². The van der Waals surface area contributed by atoms with Crippen LogP contribution in [0.15, 0.2) is 9.90 Å². The van der Waals surface area contributed by atoms with Gasteiger partial charge in [0, 0.05) is 24.9 Å². The van der Waals surface area contributed by atoms with Gasteiger partial charge in [-0.2, -0.15) is 0 Å². The molecule has 0 radical (unpaired) electrons. The summed E-state index contributed by atoms with van der Waals surface area (Å²) in [7, 11) is -6.00. The fraction of sp³-hybridized carbons (Fsp3) is 0.611. The van der Waals surface area contributed by atoms with E-state index in [1.165, 1.54) is 9.78 Å². The van der Waals surface area contributed by atoms with Crippen LogP contribution in [0.4, 0.5) is 22.4 Å². The predicted molar refractivity (Wildman–Crippen MR) is 117 cm³/mol. The molecule has 13 heteroatoms. The lowest BCUT2D eigenvalue weighted by molar-refractivity contribution is -0.547. The Morgan fingerprint density at radius 2 is 1.68 bits per heavy atom. The lowest BCUT2D eigenvalue weighted by atomic mass is 9.80. The van der Waals surface area contributed by atoms with Gasteiger partial charge in [-0.25, -0.2) is 9.56 Å². The van der Waals surface area contributed by atoms with Gasteiger partial charge in [0.2, 0.25) is 0 Å². The molecule has 1 aromatic heterocycles. The van der Waals surface area contributed by atoms with E-state index in [0.717, 1.165) is 74.3 Å². The average molecular weight is 478 g/mol. The van der Waals surface area contributed by atoms with Gasteiger partial charge in [-0.1, -0.05) is 11.3 Å². The largest absolute Gasteiger partial charge is 0.673 e. The summed E-state index contributed by atoms with van der Waals surface area (Å²) in [4.78, 5) is 15.0. The minimum Gasteiger partial charge on any atom is -0.418 e. The van der Waals surface area contributed by atoms with Crippen LogP contribution in [0.2, 0.25) is 0 Å². The van der Waals surface area contributed by atoms with Gasteiger partial charge in [-0.15, -0.1) is 0 Å². The zero-order valence-corrected chi connectivity index (χ0v) is 18.9. The lowest BCUT2D eigenvalue weighted by Gasteiger charge is -2.26. The summed E-state index contributed by atoms with van der Waals surface area (Å²) >= 11 is 3.60. The molecule has 0 saturated carbocycles. The third kappa shape index (κ3) is 5.15. The molecular weight excluding hydrogens is 455 g/mol. The molecule has 170 valence electrons. The molecule has 5 rings (SSSR count). The number of anilines is 1. The molecule has 3 aliphatic heterocycles. The quantitative estimate of drug-likeness (QED) is 0.352. The molecule has 0 unspecified atom stereocenters. The molecule has 0 bridgehead atoms. The van der Waals surface area contributed by atoms with Gasteiger partial charge in [0.25, 0.3) is 0 Å². The number of allylic oxidation sites excluding steroid dienone is 1. The van der Waals surface area contributed by atoms with Gasteiger partial charge in [0.15, 0.2) is 10.8 Å². The SMILES string of the molecule is CC1(C)C2=NC(=[N+]3CCOCC3)SC2=Cc2sc(N3CCOCC3)nc21.F[B-](F)(F)F. The first-order valence-electron chi connectivity index (χ1n) is 10.0. The number of thiazole rings is 1. The van der Waals surface area contributed by atoms with E-state index in [4.69, 9.17) is 19.5 Å². The Morgan fingerprint density at radius 3 is 2.32 bits per heavy atom. The zero-order chi connectivity index (χ0) is 22.2. The number of hydrogen-bond donors (Lipinski definition) is 0. The van der Waals surface area contributed by atoms with Gasteiger partial charge < -0.3 is 31.6 Å². The van der Waals surface area contributed by atoms with Crippen LogP contribution in [0.5, 0.6) is 0 Å². The summed E-state index contributed by atoms with van der Waals surface area (Å²) in [5, 5.41) is 2.23. The number of aromatic nitrogens is 1. The van der Waals surface area contributed by atoms with Crippen LogP contribution in [0.1, 0.15) is 24.4 Å². The summed E-state index contributed by atoms with van der Waals surface area (Å²) in [6.07, 6.45) is 2.29. The van der Waals surface area contributed by atoms with Crippen LogP contribution in [0, 0.1) is 0 Å². The highest BCUT2D eigenvalue weighted by atomic mass is 32.2. The van der Waals surface area contributed by atoms with Gasteiger partial charge >= 0.3 is 12.4 Å². The predicted octanol–water partition coefficient (Wildman–Crippen LogP) is 3.50. The smallest absolute Gasteiger partial charge is 0.418 e. The van der Waals surface area contributed by atoms with E-state index in [0.29, 0.717) is 0 Å². The van der Waals surface area contributed by atoms with Crippen LogP contribution in [0.25, 0.3) is 6.08 Å². The topological polar surface area (TPSA) is 50.0 Å². The van der Waals surface area contributed by atoms with Crippen molar-refractivity contribution in [1.82, 2.24) is 4.98 Å². The number of halogens is 4. The molecule has 6 nitrogen and oxygen atoms in total. The number of fused-ring (bicyclic) bond motifs is 2. The van der Waals surface area contributed by atoms with Crippen LogP contribution < -0.4 is 4.90 Å². The number of morpholine rings is 2. The monoisotopic (exact) mass is 478 g/mol. The summed E-state index contributed by atoms with van der Waals surface area (Å²) in [6, 6.07) is 0. The van der Waals surface area contributed by atoms with Crippen molar-refractivity contribution >= 4 is 52.4 Å². The maximum absolute atomic E-state index is 9.75. The van der Waals surface area contributed by atoms with Gasteiger partial charge in [0.05, 0.1) is 47.3 Å². The van der Waals surface area contributed by atoms with Crippen molar-refractivity contribution in [2.24, 2.45) is 4.99 Å². The van der Waals surface area contributed by atoms with E-state index in [-0.39, 0.29) is 5.41 Å². The molecule has 4 aliphatic rings. The van der Waals surface area contributed by atoms with E-state index in [1.807, 2.05) is 0 Å². The molecule has 2 saturated heterocycles. The third-order valence-corrected chi connectivity index (χ3v) is 7.42. The minimum absolute atomic E-state index is 0.165. The first kappa shape index (κ1) is 22.7. The van der Waals surface area contributed by atoms with Crippen LogP contribution in [-0.2, 0) is 14.9 Å². The highest BCUT2D eigenvalue weighted by Crippen LogP contribution is 2.47. The summed E-state index contributed by atoms with van der Waals surface area (Å²) in [5.74, 6) is 0. The second kappa shape index (κ2) is 8.83. The van der Waals surface area contributed by atoms with E-state index in [1.54, 1.807) is 23.1 Å². The Hall–Kier alpha value is -1.44. The lowest BCUT2D eigenvalue weighted by Crippen LogP contribution is -2.36. The molecule has 31 heavy (non-hydrogen) atoms. The summed E-state index contributed by atoms with van der Waals surface area (Å²) in [5.41, 5.74) is 2.16. The van der Waals surface area contributed by atoms with Crippen LogP contribution >= 0.6 is 23.1 Å². The van der Waals surface area contributed by atoms with E-state index in [9.17, 15) is 17.3 Å². The molecule has 1 aliphatic carbocycles. The highest BCUT2D eigenvalue weighted by Gasteiger charge is 2.47. The number of rotatable bonds is 1. The number of aliphatic imine (C=N–C) groups is 1. The molecule has 1 aromatic rings. The zero-order valence-electron chi connectivity index (χ0n) is 17.2. The maximum Gasteiger partial charge on any atom is 0.673 e. The van der Waals surface area contributed by atoms with Gasteiger partial charge in [0.1, 0.15) is 13.1 Å². The van der Waals surface area contributed by atoms with Crippen molar-refractivity contribution in [3.05, 3.63) is 15.5 Å². The van der Waals surface area contributed by atoms with Crippen molar-refractivity contribution in [3.8, 4) is 0 Å². The van der Waals surface area contributed by atoms with E-state index in [2.05, 4.69) is 29.4 Å². The summed E-state index contributed by atoms with van der Waals surface area (Å²) in [6.45, 7) is 11.4. The number of nitrogens with zero attached hydrogens (tertiary/aromatic N) is 4. The summed E-state index contributed by atoms with van der Waals surface area (Å²) < 4.78 is 52.3. The Morgan fingerprint density at radius 1 is 1.06 bits per heavy atom. The Labute approximate surface area is 186 Å². The third-order valence-electron chi connectivity index (χ3n) is 5.29. The molecule has 2 fully saturated rings. The van der Waals surface area contributed by atoms with Crippen LogP contribution in [0.3, 0.4) is 0 Å². The molecule has 0 aromatic carbocycles. The van der Waals surface area contributed by atoms with Crippen molar-refractivity contribution in [2.45, 2.75) is 19.3 Å². The van der Waals surface area contributed by atoms with Crippen molar-refractivity contribution in [1.29, 1.82) is 0 Å². The Bertz CT molecular complexity index is 925. The molecule has 0 N–H and O–H groups in total. The number of ether oxygens (including phenoxy) is 2. The molecule has 0 amide bonds. The first-order chi connectivity index (χ1) is 14.6. The molecule has 0 spiro atoms. The van der Waals surface area contributed by atoms with Crippen LogP contribution in [-0.4, -0.2) is 80.3 Å². The van der Waals surface area contributed by atoms with Crippen molar-refractivity contribution in [3.63, 3.8) is 0 Å². The fourth-order valence-corrected chi connectivity index (χ4v) is 6.26. The number of thioether (sulfide) groups is 1. The average Bonchev–Trinajstić information content (AvgIpc) is 3.34. The van der Waals surface area contributed by atoms with Crippen molar-refractivity contribution < 1.29 is 31.3 Å². The van der Waals surface area contributed by atoms with E-state index < -0.39 is 7.25 Å². The number of hydrogen-bond acceptors (Lipinski definition) is 6. The highest BCUT2D eigenvalue weighted by molar-refractivity contribution is 8.18. The van der Waals surface area contributed by atoms with E-state index >= 15 is 0 Å². The second-order valence-corrected chi connectivity index (χ2v) is 9.90. The maximum atomic E-state index is 9.75. The standard InChI is InChI=1S/C18H23N4O2S2.BF4/c1-18(2)14-12(25-16(19-14)21-3-7-23-8-4-21)11-13-15(18)20-17(26-13)22-5-9-24-10-6-22;2-1(3,4)5/h11H,3-10H2,1-2H3;/q+1;-1. The number of amidine groups is 1. The molecule has 4 heterocycles. The van der Waals surface area contributed by atoms with Crippen molar-refractivity contribution in [2.75, 3.05) is 57.5 Å². The van der Waals surface area contributed by atoms with Gasteiger partial charge in [-0.05, 0) is 24.9 Å². The Kier molecular flexibility index (Phi) is 6.48. The fourth-order valence-electron chi connectivity index (χ4n) is 3.74. The second-order valence-electron chi connectivity index (χ2n) is 7.88. The minimum atomic E-state index is -6.00. The molecule has 0 atom stereocenters. The first-order valence-corrected chi connectivity index (χ1v) is 11.7. The normalized spacial score (nSPS) is 22.8.